The Labute approximate surface area is 135 Å². The molecule has 0 spiro atoms. The van der Waals surface area contributed by atoms with E-state index in [4.69, 9.17) is 4.74 Å². The minimum absolute atomic E-state index is 0.132. The van der Waals surface area contributed by atoms with Gasteiger partial charge in [-0.1, -0.05) is 13.3 Å². The standard InChI is InChI=1S/C17H22N4O2/c1-3-12-13(8-9-16(19-12)23-2)20-17(22)14-11-18-15-7-5-4-6-10-21(14)15/h8-9,11H,3-7,10H2,1-2H3,(H,20,22). The maximum Gasteiger partial charge on any atom is 0.273 e. The van der Waals surface area contributed by atoms with Gasteiger partial charge in [-0.05, 0) is 25.3 Å². The zero-order valence-electron chi connectivity index (χ0n) is 13.6. The first-order chi connectivity index (χ1) is 11.2. The number of nitrogens with one attached hydrogen (secondary N) is 1. The summed E-state index contributed by atoms with van der Waals surface area (Å²) in [6.07, 6.45) is 6.76. The average molecular weight is 314 g/mol. The van der Waals surface area contributed by atoms with Gasteiger partial charge in [0.2, 0.25) is 5.88 Å². The van der Waals surface area contributed by atoms with Crippen molar-refractivity contribution in [2.45, 2.75) is 45.6 Å². The summed E-state index contributed by atoms with van der Waals surface area (Å²) in [5.74, 6) is 1.43. The van der Waals surface area contributed by atoms with Crippen LogP contribution in [0.25, 0.3) is 0 Å². The molecule has 0 bridgehead atoms. The summed E-state index contributed by atoms with van der Waals surface area (Å²) in [7, 11) is 1.58. The second-order valence-corrected chi connectivity index (χ2v) is 5.68. The number of ether oxygens (including phenoxy) is 1. The molecule has 2 aromatic rings. The van der Waals surface area contributed by atoms with Crippen LogP contribution in [0.4, 0.5) is 5.69 Å². The van der Waals surface area contributed by atoms with Gasteiger partial charge in [-0.15, -0.1) is 0 Å². The molecule has 0 radical (unpaired) electrons. The zero-order chi connectivity index (χ0) is 16.2. The molecule has 2 aromatic heterocycles. The van der Waals surface area contributed by atoms with Gasteiger partial charge in [0.05, 0.1) is 24.7 Å². The molecule has 0 unspecified atom stereocenters. The largest absolute Gasteiger partial charge is 0.481 e. The Morgan fingerprint density at radius 1 is 1.35 bits per heavy atom. The van der Waals surface area contributed by atoms with E-state index in [-0.39, 0.29) is 5.91 Å². The third kappa shape index (κ3) is 3.21. The second-order valence-electron chi connectivity index (χ2n) is 5.68. The Hall–Kier alpha value is -2.37. The normalized spacial score (nSPS) is 14.0. The summed E-state index contributed by atoms with van der Waals surface area (Å²) in [5.41, 5.74) is 2.16. The number of imidazole rings is 1. The fourth-order valence-corrected chi connectivity index (χ4v) is 2.94. The van der Waals surface area contributed by atoms with E-state index in [0.29, 0.717) is 11.6 Å². The molecule has 3 rings (SSSR count). The number of hydrogen-bond donors (Lipinski definition) is 1. The molecule has 0 saturated carbocycles. The van der Waals surface area contributed by atoms with E-state index in [1.807, 2.05) is 17.6 Å². The van der Waals surface area contributed by atoms with Gasteiger partial charge in [0.25, 0.3) is 5.91 Å². The Morgan fingerprint density at radius 2 is 2.22 bits per heavy atom. The molecule has 0 fully saturated rings. The van der Waals surface area contributed by atoms with Crippen LogP contribution in [-0.4, -0.2) is 27.6 Å². The summed E-state index contributed by atoms with van der Waals surface area (Å²) in [6, 6.07) is 3.59. The lowest BCUT2D eigenvalue weighted by molar-refractivity contribution is 0.101. The molecule has 0 atom stereocenters. The van der Waals surface area contributed by atoms with Crippen molar-refractivity contribution < 1.29 is 9.53 Å². The zero-order valence-corrected chi connectivity index (χ0v) is 13.6. The van der Waals surface area contributed by atoms with Gasteiger partial charge in [-0.3, -0.25) is 4.79 Å². The third-order valence-electron chi connectivity index (χ3n) is 4.19. The van der Waals surface area contributed by atoms with Crippen molar-refractivity contribution >= 4 is 11.6 Å². The predicted molar refractivity (Wildman–Crippen MR) is 87.9 cm³/mol. The van der Waals surface area contributed by atoms with E-state index < -0.39 is 0 Å². The Bertz CT molecular complexity index is 709. The molecule has 1 amide bonds. The third-order valence-corrected chi connectivity index (χ3v) is 4.19. The molecule has 6 nitrogen and oxygen atoms in total. The van der Waals surface area contributed by atoms with Crippen molar-refractivity contribution in [1.29, 1.82) is 0 Å². The highest BCUT2D eigenvalue weighted by Crippen LogP contribution is 2.21. The smallest absolute Gasteiger partial charge is 0.273 e. The molecule has 0 aromatic carbocycles. The fourth-order valence-electron chi connectivity index (χ4n) is 2.94. The van der Waals surface area contributed by atoms with Gasteiger partial charge in [-0.25, -0.2) is 9.97 Å². The highest BCUT2D eigenvalue weighted by molar-refractivity contribution is 6.03. The average Bonchev–Trinajstić information content (AvgIpc) is 2.84. The molecule has 6 heteroatoms. The first-order valence-corrected chi connectivity index (χ1v) is 8.12. The number of aromatic nitrogens is 3. The van der Waals surface area contributed by atoms with Gasteiger partial charge in [-0.2, -0.15) is 0 Å². The molecular formula is C17H22N4O2. The number of hydrogen-bond acceptors (Lipinski definition) is 4. The molecule has 1 aliphatic rings. The van der Waals surface area contributed by atoms with Crippen molar-refractivity contribution in [2.24, 2.45) is 0 Å². The summed E-state index contributed by atoms with van der Waals surface area (Å²) < 4.78 is 7.19. The second kappa shape index (κ2) is 6.81. The maximum atomic E-state index is 12.7. The first-order valence-electron chi connectivity index (χ1n) is 8.12. The topological polar surface area (TPSA) is 69.0 Å². The predicted octanol–water partition coefficient (Wildman–Crippen LogP) is 2.83. The van der Waals surface area contributed by atoms with E-state index in [0.717, 1.165) is 49.4 Å². The quantitative estimate of drug-likeness (QED) is 0.942. The van der Waals surface area contributed by atoms with E-state index in [1.165, 1.54) is 6.42 Å². The molecule has 0 saturated heterocycles. The van der Waals surface area contributed by atoms with Gasteiger partial charge in [0, 0.05) is 19.0 Å². The SMILES string of the molecule is CCc1nc(OC)ccc1NC(=O)c1cnc2n1CCCCC2. The van der Waals surface area contributed by atoms with Crippen LogP contribution in [0.5, 0.6) is 5.88 Å². The lowest BCUT2D eigenvalue weighted by Crippen LogP contribution is -2.19. The Balaban J connectivity index is 1.84. The van der Waals surface area contributed by atoms with Crippen molar-refractivity contribution in [3.8, 4) is 5.88 Å². The number of nitrogens with zero attached hydrogens (tertiary/aromatic N) is 3. The number of aryl methyl sites for hydroxylation is 2. The van der Waals surface area contributed by atoms with Crippen molar-refractivity contribution in [3.05, 3.63) is 35.5 Å². The Kier molecular flexibility index (Phi) is 4.60. The van der Waals surface area contributed by atoms with Gasteiger partial charge >= 0.3 is 0 Å². The molecule has 1 aliphatic heterocycles. The van der Waals surface area contributed by atoms with Crippen LogP contribution in [0.1, 0.15) is 48.2 Å². The minimum Gasteiger partial charge on any atom is -0.481 e. The van der Waals surface area contributed by atoms with Crippen molar-refractivity contribution in [3.63, 3.8) is 0 Å². The van der Waals surface area contributed by atoms with Crippen LogP contribution >= 0.6 is 0 Å². The lowest BCUT2D eigenvalue weighted by Gasteiger charge is -2.12. The van der Waals surface area contributed by atoms with E-state index >= 15 is 0 Å². The number of fused-ring (bicyclic) bond motifs is 1. The number of rotatable bonds is 4. The van der Waals surface area contributed by atoms with Crippen LogP contribution in [-0.2, 0) is 19.4 Å². The summed E-state index contributed by atoms with van der Waals surface area (Å²) in [5, 5.41) is 2.97. The number of methoxy groups -OCH3 is 1. The van der Waals surface area contributed by atoms with E-state index in [1.54, 1.807) is 19.4 Å². The summed E-state index contributed by atoms with van der Waals surface area (Å²) in [6.45, 7) is 2.86. The van der Waals surface area contributed by atoms with Gasteiger partial charge in [0.1, 0.15) is 11.5 Å². The molecule has 3 heterocycles. The molecule has 23 heavy (non-hydrogen) atoms. The number of carbonyl (C=O) groups is 1. The minimum atomic E-state index is -0.132. The first kappa shape index (κ1) is 15.5. The number of amides is 1. The Morgan fingerprint density at radius 3 is 3.00 bits per heavy atom. The number of carbonyl (C=O) groups excluding carboxylic acids is 1. The number of anilines is 1. The van der Waals surface area contributed by atoms with E-state index in [9.17, 15) is 4.79 Å². The van der Waals surface area contributed by atoms with Crippen LogP contribution in [0.3, 0.4) is 0 Å². The summed E-state index contributed by atoms with van der Waals surface area (Å²) in [4.78, 5) is 21.5. The van der Waals surface area contributed by atoms with Crippen LogP contribution in [0, 0.1) is 0 Å². The highest BCUT2D eigenvalue weighted by Gasteiger charge is 2.19. The molecule has 1 N–H and O–H groups in total. The van der Waals surface area contributed by atoms with Crippen LogP contribution in [0.2, 0.25) is 0 Å². The molecule has 0 aliphatic carbocycles. The highest BCUT2D eigenvalue weighted by atomic mass is 16.5. The maximum absolute atomic E-state index is 12.7. The van der Waals surface area contributed by atoms with Gasteiger partial charge in [0.15, 0.2) is 0 Å². The van der Waals surface area contributed by atoms with Crippen molar-refractivity contribution in [1.82, 2.24) is 14.5 Å². The fraction of sp³-hybridized carbons (Fsp3) is 0.471. The monoisotopic (exact) mass is 314 g/mol. The number of pyridine rings is 1. The molecule has 122 valence electrons. The lowest BCUT2D eigenvalue weighted by atomic mass is 10.2. The molecular weight excluding hydrogens is 292 g/mol. The van der Waals surface area contributed by atoms with Crippen LogP contribution < -0.4 is 10.1 Å². The summed E-state index contributed by atoms with van der Waals surface area (Å²) >= 11 is 0. The van der Waals surface area contributed by atoms with Gasteiger partial charge < -0.3 is 14.6 Å². The van der Waals surface area contributed by atoms with Crippen molar-refractivity contribution in [2.75, 3.05) is 12.4 Å². The van der Waals surface area contributed by atoms with E-state index in [2.05, 4.69) is 15.3 Å². The van der Waals surface area contributed by atoms with Crippen LogP contribution in [0.15, 0.2) is 18.3 Å².